The van der Waals surface area contributed by atoms with Crippen molar-refractivity contribution in [2.75, 3.05) is 33.0 Å². The minimum absolute atomic E-state index is 0.000486. The average molecular weight is 509 g/mol. The second kappa shape index (κ2) is 18.8. The Morgan fingerprint density at radius 2 is 1.23 bits per heavy atom. The molecule has 0 heterocycles. The van der Waals surface area contributed by atoms with Crippen LogP contribution in [-0.2, 0) is 18.3 Å². The first-order chi connectivity index (χ1) is 17.1. The molecule has 0 aliphatic carbocycles. The molecule has 0 radical (unpaired) electrons. The van der Waals surface area contributed by atoms with Gasteiger partial charge < -0.3 is 14.4 Å². The van der Waals surface area contributed by atoms with Gasteiger partial charge in [0.05, 0.1) is 26.4 Å². The Balaban J connectivity index is 1.39. The molecule has 198 valence electrons. The first-order valence-electron chi connectivity index (χ1n) is 13.4. The molecule has 1 atom stereocenters. The summed E-state index contributed by atoms with van der Waals surface area (Å²) < 4.78 is 33.2. The maximum Gasteiger partial charge on any atom is 0.472 e. The summed E-state index contributed by atoms with van der Waals surface area (Å²) in [6.07, 6.45) is 14.9. The molecule has 2 aromatic carbocycles. The van der Waals surface area contributed by atoms with Crippen LogP contribution in [0.3, 0.4) is 0 Å². The van der Waals surface area contributed by atoms with Crippen LogP contribution in [0.5, 0.6) is 5.75 Å². The molecule has 0 spiro atoms. The average Bonchev–Trinajstić information content (AvgIpc) is 2.86. The Hall–Kier alpha value is -1.43. The van der Waals surface area contributed by atoms with E-state index >= 15 is 0 Å². The molecule has 0 amide bonds. The first kappa shape index (κ1) is 29.8. The van der Waals surface area contributed by atoms with E-state index in [1.807, 2.05) is 42.5 Å². The molecular formula is C28H45O6P. The van der Waals surface area contributed by atoms with Gasteiger partial charge in [0, 0.05) is 5.39 Å². The smallest absolute Gasteiger partial charge is 0.472 e. The predicted molar refractivity (Wildman–Crippen MR) is 143 cm³/mol. The number of phosphoric acid groups is 1. The van der Waals surface area contributed by atoms with Crippen LogP contribution in [0, 0.1) is 0 Å². The van der Waals surface area contributed by atoms with Crippen molar-refractivity contribution in [3.63, 3.8) is 0 Å². The standard InChI is InChI=1S/C28H45O6P/c1-2-3-4-5-6-7-8-9-10-11-12-15-21-33-35(29,30)34-25-23-31-22-24-32-28-20-16-18-26-17-13-14-19-27(26)28/h13-14,16-20H,2-12,15,21-25H2,1H3,(H,29,30). The van der Waals surface area contributed by atoms with Crippen molar-refractivity contribution < 1.29 is 28.0 Å². The fourth-order valence-electron chi connectivity index (χ4n) is 4.01. The number of unbranched alkanes of at least 4 members (excludes halogenated alkanes) is 11. The SMILES string of the molecule is CCCCCCCCCCCCCCOP(=O)(O)OCCOCCOc1cccc2ccccc12. The van der Waals surface area contributed by atoms with Gasteiger partial charge in [0.1, 0.15) is 12.4 Å². The van der Waals surface area contributed by atoms with Crippen molar-refractivity contribution in [3.05, 3.63) is 42.5 Å². The molecule has 0 saturated heterocycles. The summed E-state index contributed by atoms with van der Waals surface area (Å²) in [5, 5.41) is 2.19. The Kier molecular flexibility index (Phi) is 16.0. The number of ether oxygens (including phenoxy) is 2. The number of hydrogen-bond donors (Lipinski definition) is 1. The quantitative estimate of drug-likeness (QED) is 0.128. The molecule has 0 aliphatic heterocycles. The molecule has 0 aromatic heterocycles. The normalized spacial score (nSPS) is 13.2. The van der Waals surface area contributed by atoms with Gasteiger partial charge in [-0.2, -0.15) is 0 Å². The van der Waals surface area contributed by atoms with Gasteiger partial charge in [-0.15, -0.1) is 0 Å². The Labute approximate surface area is 211 Å². The number of benzene rings is 2. The fourth-order valence-corrected chi connectivity index (χ4v) is 4.75. The second-order valence-corrected chi connectivity index (χ2v) is 10.4. The number of hydrogen-bond acceptors (Lipinski definition) is 5. The molecular weight excluding hydrogens is 463 g/mol. The van der Waals surface area contributed by atoms with Crippen molar-refractivity contribution in [1.82, 2.24) is 0 Å². The van der Waals surface area contributed by atoms with Gasteiger partial charge in [0.2, 0.25) is 0 Å². The highest BCUT2D eigenvalue weighted by Gasteiger charge is 2.20. The number of fused-ring (bicyclic) bond motifs is 1. The summed E-state index contributed by atoms with van der Waals surface area (Å²) >= 11 is 0. The van der Waals surface area contributed by atoms with Crippen LogP contribution in [0.1, 0.15) is 84.0 Å². The second-order valence-electron chi connectivity index (χ2n) is 8.96. The lowest BCUT2D eigenvalue weighted by Crippen LogP contribution is -2.11. The lowest BCUT2D eigenvalue weighted by Gasteiger charge is -2.13. The zero-order valence-electron chi connectivity index (χ0n) is 21.5. The van der Waals surface area contributed by atoms with Crippen molar-refractivity contribution in [2.24, 2.45) is 0 Å². The van der Waals surface area contributed by atoms with E-state index in [0.29, 0.717) is 13.2 Å². The molecule has 0 saturated carbocycles. The molecule has 1 unspecified atom stereocenters. The Morgan fingerprint density at radius 1 is 0.657 bits per heavy atom. The van der Waals surface area contributed by atoms with Gasteiger partial charge in [0.15, 0.2) is 0 Å². The van der Waals surface area contributed by atoms with Gasteiger partial charge in [0.25, 0.3) is 0 Å². The maximum atomic E-state index is 11.9. The summed E-state index contributed by atoms with van der Waals surface area (Å²) in [4.78, 5) is 9.77. The summed E-state index contributed by atoms with van der Waals surface area (Å²) in [5.41, 5.74) is 0. The van der Waals surface area contributed by atoms with E-state index in [1.54, 1.807) is 0 Å². The zero-order valence-corrected chi connectivity index (χ0v) is 22.4. The minimum atomic E-state index is -4.02. The van der Waals surface area contributed by atoms with Gasteiger partial charge in [-0.05, 0) is 17.9 Å². The van der Waals surface area contributed by atoms with E-state index in [2.05, 4.69) is 6.92 Å². The highest BCUT2D eigenvalue weighted by Crippen LogP contribution is 2.43. The monoisotopic (exact) mass is 508 g/mol. The molecule has 0 bridgehead atoms. The Morgan fingerprint density at radius 3 is 1.94 bits per heavy atom. The Bertz CT molecular complexity index is 838. The van der Waals surface area contributed by atoms with Crippen molar-refractivity contribution in [2.45, 2.75) is 84.0 Å². The van der Waals surface area contributed by atoms with Crippen molar-refractivity contribution in [3.8, 4) is 5.75 Å². The third-order valence-corrected chi connectivity index (χ3v) is 6.99. The van der Waals surface area contributed by atoms with Crippen LogP contribution in [-0.4, -0.2) is 37.9 Å². The van der Waals surface area contributed by atoms with E-state index in [-0.39, 0.29) is 19.8 Å². The topological polar surface area (TPSA) is 74.2 Å². The van der Waals surface area contributed by atoms with E-state index < -0.39 is 7.82 Å². The molecule has 1 N–H and O–H groups in total. The lowest BCUT2D eigenvalue weighted by molar-refractivity contribution is 0.0610. The van der Waals surface area contributed by atoms with E-state index in [4.69, 9.17) is 18.5 Å². The summed E-state index contributed by atoms with van der Waals surface area (Å²) in [5.74, 6) is 0.814. The summed E-state index contributed by atoms with van der Waals surface area (Å²) in [7, 11) is -4.02. The lowest BCUT2D eigenvalue weighted by atomic mass is 10.1. The van der Waals surface area contributed by atoms with Crippen LogP contribution >= 0.6 is 7.82 Å². The van der Waals surface area contributed by atoms with Crippen molar-refractivity contribution in [1.29, 1.82) is 0 Å². The molecule has 2 aromatic rings. The number of rotatable bonds is 22. The van der Waals surface area contributed by atoms with Crippen LogP contribution in [0.15, 0.2) is 42.5 Å². The van der Waals surface area contributed by atoms with Crippen molar-refractivity contribution >= 4 is 18.6 Å². The largest absolute Gasteiger partial charge is 0.491 e. The molecule has 6 nitrogen and oxygen atoms in total. The van der Waals surface area contributed by atoms with Crippen LogP contribution in [0.25, 0.3) is 10.8 Å². The van der Waals surface area contributed by atoms with Crippen LogP contribution in [0.4, 0.5) is 0 Å². The zero-order chi connectivity index (χ0) is 25.0. The van der Waals surface area contributed by atoms with E-state index in [1.165, 1.54) is 57.8 Å². The molecule has 0 fully saturated rings. The predicted octanol–water partition coefficient (Wildman–Crippen LogP) is 8.07. The van der Waals surface area contributed by atoms with Crippen LogP contribution < -0.4 is 4.74 Å². The molecule has 2 rings (SSSR count). The molecule has 0 aliphatic rings. The summed E-state index contributed by atoms with van der Waals surface area (Å²) in [6.45, 7) is 3.44. The first-order valence-corrected chi connectivity index (χ1v) is 14.9. The molecule has 35 heavy (non-hydrogen) atoms. The number of phosphoric ester groups is 1. The van der Waals surface area contributed by atoms with E-state index in [0.717, 1.165) is 35.8 Å². The van der Waals surface area contributed by atoms with Gasteiger partial charge in [-0.25, -0.2) is 4.57 Å². The van der Waals surface area contributed by atoms with Gasteiger partial charge >= 0.3 is 7.82 Å². The van der Waals surface area contributed by atoms with Gasteiger partial charge in [-0.3, -0.25) is 9.05 Å². The fraction of sp³-hybridized carbons (Fsp3) is 0.643. The highest BCUT2D eigenvalue weighted by molar-refractivity contribution is 7.47. The third-order valence-electron chi connectivity index (χ3n) is 5.97. The third kappa shape index (κ3) is 14.0. The van der Waals surface area contributed by atoms with Gasteiger partial charge in [-0.1, -0.05) is 114 Å². The highest BCUT2D eigenvalue weighted by atomic mass is 31.2. The maximum absolute atomic E-state index is 11.9. The minimum Gasteiger partial charge on any atom is -0.491 e. The van der Waals surface area contributed by atoms with Crippen LogP contribution in [0.2, 0.25) is 0 Å². The molecule has 7 heteroatoms. The van der Waals surface area contributed by atoms with E-state index in [9.17, 15) is 9.46 Å². The summed E-state index contributed by atoms with van der Waals surface area (Å²) in [6, 6.07) is 14.0.